The molecule has 1 heterocycles. The van der Waals surface area contributed by atoms with Gasteiger partial charge in [-0.1, -0.05) is 42.5 Å². The van der Waals surface area contributed by atoms with E-state index in [1.165, 1.54) is 5.69 Å². The SMILES string of the molecule is CCN1C(=O)/C(=C\c2ccc(N(CC)CC)cc2)OC1=NC(C)c1ccccc1. The van der Waals surface area contributed by atoms with Gasteiger partial charge in [-0.3, -0.25) is 9.69 Å². The number of carbonyl (C=O) groups excluding carboxylic acids is 1. The molecule has 0 aliphatic carbocycles. The fraction of sp³-hybridized carbons (Fsp3) is 0.333. The summed E-state index contributed by atoms with van der Waals surface area (Å²) in [6, 6.07) is 18.4. The van der Waals surface area contributed by atoms with Crippen molar-refractivity contribution < 1.29 is 9.53 Å². The molecule has 0 radical (unpaired) electrons. The van der Waals surface area contributed by atoms with Crippen molar-refractivity contribution in [1.82, 2.24) is 4.90 Å². The van der Waals surface area contributed by atoms with Crippen molar-refractivity contribution >= 4 is 23.7 Å². The lowest BCUT2D eigenvalue weighted by atomic mass is 10.1. The lowest BCUT2D eigenvalue weighted by Gasteiger charge is -2.20. The van der Waals surface area contributed by atoms with E-state index >= 15 is 0 Å². The minimum Gasteiger partial charge on any atom is -0.420 e. The Labute approximate surface area is 173 Å². The minimum absolute atomic E-state index is 0.0965. The number of rotatable bonds is 7. The molecule has 0 saturated carbocycles. The summed E-state index contributed by atoms with van der Waals surface area (Å²) in [5, 5.41) is 0. The highest BCUT2D eigenvalue weighted by molar-refractivity contribution is 6.11. The number of carbonyl (C=O) groups is 1. The van der Waals surface area contributed by atoms with Crippen LogP contribution in [0.5, 0.6) is 0 Å². The van der Waals surface area contributed by atoms with E-state index in [2.05, 4.69) is 35.9 Å². The Hall–Kier alpha value is -3.08. The molecule has 0 N–H and O–H groups in total. The Morgan fingerprint density at radius 2 is 1.69 bits per heavy atom. The number of hydrogen-bond acceptors (Lipinski definition) is 4. The Bertz CT molecular complexity index is 884. The fourth-order valence-electron chi connectivity index (χ4n) is 3.38. The second-order valence-corrected chi connectivity index (χ2v) is 6.92. The van der Waals surface area contributed by atoms with Crippen LogP contribution in [0.3, 0.4) is 0 Å². The summed E-state index contributed by atoms with van der Waals surface area (Å²) < 4.78 is 5.87. The van der Waals surface area contributed by atoms with Crippen molar-refractivity contribution in [2.75, 3.05) is 24.5 Å². The smallest absolute Gasteiger partial charge is 0.300 e. The molecular weight excluding hydrogens is 362 g/mol. The fourth-order valence-corrected chi connectivity index (χ4v) is 3.38. The van der Waals surface area contributed by atoms with Gasteiger partial charge in [0.05, 0.1) is 6.04 Å². The third kappa shape index (κ3) is 4.67. The van der Waals surface area contributed by atoms with E-state index in [0.29, 0.717) is 18.3 Å². The van der Waals surface area contributed by atoms with Gasteiger partial charge in [-0.25, -0.2) is 4.99 Å². The second-order valence-electron chi connectivity index (χ2n) is 6.92. The van der Waals surface area contributed by atoms with Crippen molar-refractivity contribution in [2.24, 2.45) is 4.99 Å². The Morgan fingerprint density at radius 1 is 1.03 bits per heavy atom. The molecule has 5 heteroatoms. The molecule has 5 nitrogen and oxygen atoms in total. The van der Waals surface area contributed by atoms with Crippen molar-refractivity contribution in [3.63, 3.8) is 0 Å². The predicted octanol–water partition coefficient (Wildman–Crippen LogP) is 4.87. The average molecular weight is 392 g/mol. The number of benzene rings is 2. The first kappa shape index (κ1) is 20.6. The van der Waals surface area contributed by atoms with Gasteiger partial charge in [0, 0.05) is 25.3 Å². The highest BCUT2D eigenvalue weighted by Crippen LogP contribution is 2.24. The Kier molecular flexibility index (Phi) is 6.70. The summed E-state index contributed by atoms with van der Waals surface area (Å²) in [5.41, 5.74) is 3.18. The molecule has 1 amide bonds. The zero-order valence-electron chi connectivity index (χ0n) is 17.6. The summed E-state index contributed by atoms with van der Waals surface area (Å²) in [6.45, 7) is 10.6. The van der Waals surface area contributed by atoms with Crippen molar-refractivity contribution in [2.45, 2.75) is 33.7 Å². The molecule has 0 spiro atoms. The Balaban J connectivity index is 1.82. The number of aliphatic imine (C=N–C) groups is 1. The maximum atomic E-state index is 12.8. The van der Waals surface area contributed by atoms with Crippen LogP contribution in [0.15, 0.2) is 65.3 Å². The largest absolute Gasteiger partial charge is 0.420 e. The van der Waals surface area contributed by atoms with Crippen LogP contribution in [0, 0.1) is 0 Å². The zero-order valence-corrected chi connectivity index (χ0v) is 17.6. The molecule has 1 aliphatic heterocycles. The average Bonchev–Trinajstić information content (AvgIpc) is 3.04. The van der Waals surface area contributed by atoms with Gasteiger partial charge in [0.25, 0.3) is 5.91 Å². The van der Waals surface area contributed by atoms with Crippen LogP contribution in [0.1, 0.15) is 44.9 Å². The van der Waals surface area contributed by atoms with Gasteiger partial charge in [0.2, 0.25) is 0 Å². The monoisotopic (exact) mass is 391 g/mol. The quantitative estimate of drug-likeness (QED) is 0.633. The van der Waals surface area contributed by atoms with Crippen molar-refractivity contribution in [3.8, 4) is 0 Å². The molecule has 0 aromatic heterocycles. The molecule has 2 aromatic carbocycles. The normalized spacial score (nSPS) is 17.7. The van der Waals surface area contributed by atoms with E-state index in [1.807, 2.05) is 56.3 Å². The number of hydrogen-bond donors (Lipinski definition) is 0. The van der Waals surface area contributed by atoms with Crippen LogP contribution in [-0.4, -0.2) is 36.5 Å². The van der Waals surface area contributed by atoms with E-state index in [0.717, 1.165) is 24.2 Å². The summed E-state index contributed by atoms with van der Waals surface area (Å²) in [7, 11) is 0. The van der Waals surface area contributed by atoms with Gasteiger partial charge >= 0.3 is 6.02 Å². The van der Waals surface area contributed by atoms with Crippen LogP contribution in [-0.2, 0) is 9.53 Å². The number of amides is 1. The summed E-state index contributed by atoms with van der Waals surface area (Å²) in [4.78, 5) is 21.3. The first-order chi connectivity index (χ1) is 14.1. The molecule has 152 valence electrons. The highest BCUT2D eigenvalue weighted by atomic mass is 16.5. The highest BCUT2D eigenvalue weighted by Gasteiger charge is 2.34. The second kappa shape index (κ2) is 9.41. The molecule has 29 heavy (non-hydrogen) atoms. The summed E-state index contributed by atoms with van der Waals surface area (Å²) in [6.07, 6.45) is 1.78. The number of likely N-dealkylation sites (N-methyl/N-ethyl adjacent to an activating group) is 1. The molecular formula is C24H29N3O2. The van der Waals surface area contributed by atoms with E-state index in [4.69, 9.17) is 4.74 Å². The first-order valence-corrected chi connectivity index (χ1v) is 10.3. The molecule has 1 unspecified atom stereocenters. The van der Waals surface area contributed by atoms with E-state index in [-0.39, 0.29) is 11.9 Å². The van der Waals surface area contributed by atoms with Gasteiger partial charge in [-0.2, -0.15) is 0 Å². The van der Waals surface area contributed by atoms with E-state index < -0.39 is 0 Å². The zero-order chi connectivity index (χ0) is 20.8. The number of anilines is 1. The van der Waals surface area contributed by atoms with Gasteiger partial charge in [-0.05, 0) is 57.0 Å². The van der Waals surface area contributed by atoms with Crippen LogP contribution >= 0.6 is 0 Å². The lowest BCUT2D eigenvalue weighted by Crippen LogP contribution is -2.29. The lowest BCUT2D eigenvalue weighted by molar-refractivity contribution is -0.122. The van der Waals surface area contributed by atoms with Crippen LogP contribution in [0.4, 0.5) is 5.69 Å². The van der Waals surface area contributed by atoms with Gasteiger partial charge in [0.15, 0.2) is 5.76 Å². The summed E-state index contributed by atoms with van der Waals surface area (Å²) in [5.74, 6) is 0.154. The van der Waals surface area contributed by atoms with Crippen LogP contribution in [0.2, 0.25) is 0 Å². The minimum atomic E-state index is -0.153. The predicted molar refractivity (Wildman–Crippen MR) is 119 cm³/mol. The van der Waals surface area contributed by atoms with Gasteiger partial charge in [0.1, 0.15) is 0 Å². The molecule has 1 fully saturated rings. The van der Waals surface area contributed by atoms with Gasteiger partial charge in [-0.15, -0.1) is 0 Å². The van der Waals surface area contributed by atoms with Crippen molar-refractivity contribution in [1.29, 1.82) is 0 Å². The maximum Gasteiger partial charge on any atom is 0.300 e. The third-order valence-corrected chi connectivity index (χ3v) is 5.11. The number of nitrogens with zero attached hydrogens (tertiary/aromatic N) is 3. The molecule has 1 saturated heterocycles. The molecule has 2 aromatic rings. The van der Waals surface area contributed by atoms with Gasteiger partial charge < -0.3 is 9.64 Å². The Morgan fingerprint density at radius 3 is 2.28 bits per heavy atom. The third-order valence-electron chi connectivity index (χ3n) is 5.11. The van der Waals surface area contributed by atoms with Crippen LogP contribution in [0.25, 0.3) is 6.08 Å². The number of amidine groups is 1. The molecule has 3 rings (SSSR count). The van der Waals surface area contributed by atoms with Crippen molar-refractivity contribution in [3.05, 3.63) is 71.5 Å². The van der Waals surface area contributed by atoms with Crippen LogP contribution < -0.4 is 4.90 Å². The topological polar surface area (TPSA) is 45.1 Å². The first-order valence-electron chi connectivity index (χ1n) is 10.3. The number of ether oxygens (including phenoxy) is 1. The standard InChI is InChI=1S/C24H29N3O2/c1-5-26(6-2)21-15-13-19(14-16-21)17-22-23(28)27(7-3)24(29-22)25-18(4)20-11-9-8-10-12-20/h8-18H,5-7H2,1-4H3/b22-17+,25-24?. The molecule has 0 bridgehead atoms. The maximum absolute atomic E-state index is 12.8. The molecule has 1 atom stereocenters. The van der Waals surface area contributed by atoms with E-state index in [1.54, 1.807) is 11.0 Å². The van der Waals surface area contributed by atoms with E-state index in [9.17, 15) is 4.79 Å². The molecule has 1 aliphatic rings. The summed E-state index contributed by atoms with van der Waals surface area (Å²) >= 11 is 0.